The van der Waals surface area contributed by atoms with Gasteiger partial charge in [-0.2, -0.15) is 5.10 Å². The predicted octanol–water partition coefficient (Wildman–Crippen LogP) is 3.29. The molecule has 0 spiro atoms. The number of benzene rings is 1. The van der Waals surface area contributed by atoms with E-state index in [9.17, 15) is 4.79 Å². The third-order valence-corrected chi connectivity index (χ3v) is 6.13. The fraction of sp³-hybridized carbons (Fsp3) is 0.429. The lowest BCUT2D eigenvalue weighted by Crippen LogP contribution is -2.16. The van der Waals surface area contributed by atoms with Crippen molar-refractivity contribution in [2.75, 3.05) is 18.9 Å². The minimum atomic E-state index is -0.223. The topological polar surface area (TPSA) is 108 Å². The largest absolute Gasteiger partial charge is 0.493 e. The van der Waals surface area contributed by atoms with Gasteiger partial charge in [0.15, 0.2) is 5.65 Å². The number of halogens is 1. The highest BCUT2D eigenvalue weighted by molar-refractivity contribution is 6.31. The van der Waals surface area contributed by atoms with Gasteiger partial charge in [-0.3, -0.25) is 4.79 Å². The van der Waals surface area contributed by atoms with Crippen LogP contribution in [-0.4, -0.2) is 38.8 Å². The van der Waals surface area contributed by atoms with Gasteiger partial charge in [0.2, 0.25) is 5.91 Å². The summed E-state index contributed by atoms with van der Waals surface area (Å²) in [6.07, 6.45) is 1.86. The van der Waals surface area contributed by atoms with Crippen LogP contribution in [0.3, 0.4) is 0 Å². The second-order valence-corrected chi connectivity index (χ2v) is 8.02. The molecule has 0 radical (unpaired) electrons. The van der Waals surface area contributed by atoms with Crippen LogP contribution in [0.15, 0.2) is 12.4 Å². The van der Waals surface area contributed by atoms with E-state index in [2.05, 4.69) is 20.4 Å². The standard InChI is InChI=1S/C21H25ClN6O2/c1-5-30-19-14(7-15(22)10(2)17(19)13-6-16(29)24-8-13)12(4)28-21-18(11(3)27-28)20(23)25-9-26-21/h7,9,12-13H,5-6,8H2,1-4H3,(H,24,29)(H2,23,25,26)/t12-,13-/m0/s1. The molecule has 9 heteroatoms. The Labute approximate surface area is 179 Å². The number of fused-ring (bicyclic) bond motifs is 1. The van der Waals surface area contributed by atoms with Crippen molar-refractivity contribution >= 4 is 34.4 Å². The Kier molecular flexibility index (Phi) is 5.27. The van der Waals surface area contributed by atoms with Gasteiger partial charge in [0, 0.05) is 35.0 Å². The second kappa shape index (κ2) is 7.75. The zero-order chi connectivity index (χ0) is 21.6. The Hall–Kier alpha value is -2.87. The maximum absolute atomic E-state index is 11.9. The SMILES string of the molecule is CCOc1c([C@H](C)n2nc(C)c3c(N)ncnc32)cc(Cl)c(C)c1[C@@H]1CNC(=O)C1. The summed E-state index contributed by atoms with van der Waals surface area (Å²) in [4.78, 5) is 20.4. The number of nitrogens with zero attached hydrogens (tertiary/aromatic N) is 4. The van der Waals surface area contributed by atoms with Crippen molar-refractivity contribution in [3.8, 4) is 5.75 Å². The molecule has 0 aliphatic carbocycles. The normalized spacial score (nSPS) is 17.4. The number of carbonyl (C=O) groups is 1. The quantitative estimate of drug-likeness (QED) is 0.645. The van der Waals surface area contributed by atoms with Gasteiger partial charge < -0.3 is 15.8 Å². The molecule has 3 heterocycles. The number of nitrogens with two attached hydrogens (primary N) is 1. The maximum atomic E-state index is 11.9. The molecule has 4 rings (SSSR count). The molecule has 1 aromatic carbocycles. The van der Waals surface area contributed by atoms with Gasteiger partial charge in [-0.25, -0.2) is 14.6 Å². The Morgan fingerprint density at radius 2 is 2.17 bits per heavy atom. The van der Waals surface area contributed by atoms with Gasteiger partial charge >= 0.3 is 0 Å². The molecule has 1 fully saturated rings. The van der Waals surface area contributed by atoms with Gasteiger partial charge in [-0.15, -0.1) is 0 Å². The molecule has 1 aliphatic rings. The van der Waals surface area contributed by atoms with Gasteiger partial charge in [-0.1, -0.05) is 11.6 Å². The van der Waals surface area contributed by atoms with Crippen LogP contribution in [0.25, 0.3) is 11.0 Å². The number of nitrogens with one attached hydrogen (secondary N) is 1. The molecule has 2 atom stereocenters. The average molecular weight is 429 g/mol. The van der Waals surface area contributed by atoms with E-state index in [1.54, 1.807) is 0 Å². The summed E-state index contributed by atoms with van der Waals surface area (Å²) < 4.78 is 7.97. The van der Waals surface area contributed by atoms with Crippen LogP contribution in [0.4, 0.5) is 5.82 Å². The summed E-state index contributed by atoms with van der Waals surface area (Å²) in [5, 5.41) is 8.98. The number of hydrogen-bond acceptors (Lipinski definition) is 6. The lowest BCUT2D eigenvalue weighted by atomic mass is 9.89. The van der Waals surface area contributed by atoms with Crippen LogP contribution in [0.2, 0.25) is 5.02 Å². The van der Waals surface area contributed by atoms with E-state index in [-0.39, 0.29) is 17.9 Å². The van der Waals surface area contributed by atoms with Crippen molar-refractivity contribution < 1.29 is 9.53 Å². The summed E-state index contributed by atoms with van der Waals surface area (Å²) in [6.45, 7) is 8.89. The molecule has 3 aromatic rings. The first-order valence-corrected chi connectivity index (χ1v) is 10.4. The van der Waals surface area contributed by atoms with Gasteiger partial charge in [-0.05, 0) is 39.3 Å². The number of hydrogen-bond donors (Lipinski definition) is 2. The van der Waals surface area contributed by atoms with Crippen molar-refractivity contribution in [3.05, 3.63) is 39.8 Å². The predicted molar refractivity (Wildman–Crippen MR) is 116 cm³/mol. The summed E-state index contributed by atoms with van der Waals surface area (Å²) in [5.41, 5.74) is 10.3. The van der Waals surface area contributed by atoms with Gasteiger partial charge in [0.1, 0.15) is 17.9 Å². The molecule has 2 aromatic heterocycles. The van der Waals surface area contributed by atoms with E-state index in [1.165, 1.54) is 6.33 Å². The third-order valence-electron chi connectivity index (χ3n) is 5.74. The van der Waals surface area contributed by atoms with Crippen molar-refractivity contribution in [1.29, 1.82) is 0 Å². The van der Waals surface area contributed by atoms with Crippen molar-refractivity contribution in [3.63, 3.8) is 0 Å². The maximum Gasteiger partial charge on any atom is 0.220 e. The Bertz CT molecular complexity index is 1140. The van der Waals surface area contributed by atoms with Gasteiger partial charge in [0.05, 0.1) is 23.7 Å². The fourth-order valence-corrected chi connectivity index (χ4v) is 4.47. The first-order valence-electron chi connectivity index (χ1n) is 10.0. The minimum absolute atomic E-state index is 0.0118. The van der Waals surface area contributed by atoms with Crippen LogP contribution in [0.5, 0.6) is 5.75 Å². The monoisotopic (exact) mass is 428 g/mol. The highest BCUT2D eigenvalue weighted by atomic mass is 35.5. The van der Waals surface area contributed by atoms with E-state index >= 15 is 0 Å². The molecule has 1 saturated heterocycles. The molecule has 158 valence electrons. The molecule has 0 bridgehead atoms. The average Bonchev–Trinajstić information content (AvgIpc) is 3.28. The van der Waals surface area contributed by atoms with E-state index in [0.717, 1.165) is 33.5 Å². The molecule has 1 aliphatic heterocycles. The van der Waals surface area contributed by atoms with E-state index in [4.69, 9.17) is 22.1 Å². The number of anilines is 1. The van der Waals surface area contributed by atoms with Crippen LogP contribution in [0.1, 0.15) is 54.6 Å². The van der Waals surface area contributed by atoms with Crippen molar-refractivity contribution in [2.45, 2.75) is 46.1 Å². The zero-order valence-corrected chi connectivity index (χ0v) is 18.2. The summed E-state index contributed by atoms with van der Waals surface area (Å²) in [6, 6.07) is 1.70. The summed E-state index contributed by atoms with van der Waals surface area (Å²) in [5.74, 6) is 1.21. The fourth-order valence-electron chi connectivity index (χ4n) is 4.25. The van der Waals surface area contributed by atoms with E-state index in [0.29, 0.717) is 36.1 Å². The number of rotatable bonds is 5. The van der Waals surface area contributed by atoms with Crippen LogP contribution in [0, 0.1) is 13.8 Å². The molecule has 0 saturated carbocycles. The molecular formula is C21H25ClN6O2. The molecule has 1 amide bonds. The Balaban J connectivity index is 1.91. The molecule has 3 N–H and O–H groups in total. The lowest BCUT2D eigenvalue weighted by Gasteiger charge is -2.25. The Morgan fingerprint density at radius 3 is 2.83 bits per heavy atom. The number of aromatic nitrogens is 4. The smallest absolute Gasteiger partial charge is 0.220 e. The number of aryl methyl sites for hydroxylation is 1. The minimum Gasteiger partial charge on any atom is -0.493 e. The lowest BCUT2D eigenvalue weighted by molar-refractivity contribution is -0.119. The van der Waals surface area contributed by atoms with Crippen LogP contribution in [-0.2, 0) is 4.79 Å². The Morgan fingerprint density at radius 1 is 1.40 bits per heavy atom. The zero-order valence-electron chi connectivity index (χ0n) is 17.5. The number of nitrogen functional groups attached to an aromatic ring is 1. The van der Waals surface area contributed by atoms with E-state index < -0.39 is 0 Å². The van der Waals surface area contributed by atoms with Gasteiger partial charge in [0.25, 0.3) is 0 Å². The molecule has 30 heavy (non-hydrogen) atoms. The number of amides is 1. The molecular weight excluding hydrogens is 404 g/mol. The summed E-state index contributed by atoms with van der Waals surface area (Å²) >= 11 is 6.65. The third kappa shape index (κ3) is 3.25. The van der Waals surface area contributed by atoms with E-state index in [1.807, 2.05) is 38.4 Å². The second-order valence-electron chi connectivity index (χ2n) is 7.62. The summed E-state index contributed by atoms with van der Waals surface area (Å²) in [7, 11) is 0. The first kappa shape index (κ1) is 20.4. The number of ether oxygens (including phenoxy) is 1. The van der Waals surface area contributed by atoms with Crippen molar-refractivity contribution in [1.82, 2.24) is 25.1 Å². The molecule has 8 nitrogen and oxygen atoms in total. The molecule has 0 unspecified atom stereocenters. The highest BCUT2D eigenvalue weighted by Gasteiger charge is 2.31. The highest BCUT2D eigenvalue weighted by Crippen LogP contribution is 2.43. The van der Waals surface area contributed by atoms with Crippen molar-refractivity contribution in [2.24, 2.45) is 0 Å². The van der Waals surface area contributed by atoms with Crippen LogP contribution >= 0.6 is 11.6 Å². The number of carbonyl (C=O) groups excluding carboxylic acids is 1. The van der Waals surface area contributed by atoms with Crippen LogP contribution < -0.4 is 15.8 Å². The first-order chi connectivity index (χ1) is 14.3.